The van der Waals surface area contributed by atoms with Crippen LogP contribution in [-0.2, 0) is 15.9 Å². The fourth-order valence-electron chi connectivity index (χ4n) is 3.72. The van der Waals surface area contributed by atoms with Gasteiger partial charge in [-0.2, -0.15) is 0 Å². The molecule has 0 radical (unpaired) electrons. The summed E-state index contributed by atoms with van der Waals surface area (Å²) in [5, 5.41) is 8.14. The minimum absolute atomic E-state index is 0.458. The molecule has 152 valence electrons. The first-order chi connectivity index (χ1) is 13.2. The Bertz CT molecular complexity index is 590. The number of thiazole rings is 1. The number of hydrogen-bond donors (Lipinski definition) is 2. The Morgan fingerprint density at radius 3 is 2.70 bits per heavy atom. The van der Waals surface area contributed by atoms with Crippen LogP contribution in [-0.4, -0.2) is 81.5 Å². The highest BCUT2D eigenvalue weighted by Gasteiger charge is 2.31. The van der Waals surface area contributed by atoms with Crippen LogP contribution in [0, 0.1) is 19.8 Å². The Kier molecular flexibility index (Phi) is 7.87. The predicted octanol–water partition coefficient (Wildman–Crippen LogP) is 1.20. The fourth-order valence-corrected chi connectivity index (χ4v) is 4.65. The maximum atomic E-state index is 5.65. The van der Waals surface area contributed by atoms with Gasteiger partial charge in [0.1, 0.15) is 0 Å². The third kappa shape index (κ3) is 5.88. The minimum Gasteiger partial charge on any atom is -0.381 e. The largest absolute Gasteiger partial charge is 0.381 e. The van der Waals surface area contributed by atoms with Crippen LogP contribution in [0.15, 0.2) is 4.99 Å². The zero-order valence-corrected chi connectivity index (χ0v) is 17.6. The summed E-state index contributed by atoms with van der Waals surface area (Å²) in [6.45, 7) is 11.3. The third-order valence-electron chi connectivity index (χ3n) is 5.43. The van der Waals surface area contributed by atoms with Gasteiger partial charge in [0.2, 0.25) is 0 Å². The molecule has 7 nitrogen and oxygen atoms in total. The zero-order chi connectivity index (χ0) is 19.1. The molecule has 3 heterocycles. The summed E-state index contributed by atoms with van der Waals surface area (Å²) < 4.78 is 11.2. The summed E-state index contributed by atoms with van der Waals surface area (Å²) in [5.74, 6) is 1.44. The molecule has 0 spiro atoms. The molecular formula is C19H33N5O2S. The van der Waals surface area contributed by atoms with E-state index in [1.54, 1.807) is 11.3 Å². The van der Waals surface area contributed by atoms with Crippen LogP contribution in [0.2, 0.25) is 0 Å². The molecule has 2 aliphatic rings. The molecule has 8 heteroatoms. The quantitative estimate of drug-likeness (QED) is 0.534. The van der Waals surface area contributed by atoms with Crippen molar-refractivity contribution < 1.29 is 9.47 Å². The van der Waals surface area contributed by atoms with Crippen molar-refractivity contribution in [1.82, 2.24) is 20.5 Å². The Labute approximate surface area is 166 Å². The lowest BCUT2D eigenvalue weighted by atomic mass is 9.97. The fraction of sp³-hybridized carbons (Fsp3) is 0.789. The molecule has 2 atom stereocenters. The van der Waals surface area contributed by atoms with E-state index in [1.165, 1.54) is 9.88 Å². The van der Waals surface area contributed by atoms with Gasteiger partial charge in [-0.25, -0.2) is 4.98 Å². The standard InChI is InChI=1S/C19H33N5O2S/c1-14-15(2)27-18(23-14)4-6-21-19(20-3)22-12-17(16-5-9-26-13-16)24-7-10-25-11-8-24/h16-17H,4-13H2,1-3H3,(H2,20,21,22). The van der Waals surface area contributed by atoms with Crippen molar-refractivity contribution in [3.8, 4) is 0 Å². The second-order valence-corrected chi connectivity index (χ2v) is 8.51. The molecule has 3 rings (SSSR count). The van der Waals surface area contributed by atoms with Crippen LogP contribution in [0.3, 0.4) is 0 Å². The number of rotatable bonds is 7. The smallest absolute Gasteiger partial charge is 0.191 e. The highest BCUT2D eigenvalue weighted by Crippen LogP contribution is 2.22. The molecule has 2 saturated heterocycles. The van der Waals surface area contributed by atoms with Crippen molar-refractivity contribution in [1.29, 1.82) is 0 Å². The molecule has 0 amide bonds. The molecule has 0 bridgehead atoms. The average molecular weight is 396 g/mol. The molecule has 2 aliphatic heterocycles. The first-order valence-electron chi connectivity index (χ1n) is 9.94. The van der Waals surface area contributed by atoms with E-state index in [1.807, 2.05) is 7.05 Å². The highest BCUT2D eigenvalue weighted by atomic mass is 32.1. The number of guanidine groups is 1. The summed E-state index contributed by atoms with van der Waals surface area (Å²) in [7, 11) is 1.83. The van der Waals surface area contributed by atoms with E-state index in [9.17, 15) is 0 Å². The van der Waals surface area contributed by atoms with Crippen molar-refractivity contribution in [3.05, 3.63) is 15.6 Å². The predicted molar refractivity (Wildman–Crippen MR) is 110 cm³/mol. The van der Waals surface area contributed by atoms with Gasteiger partial charge in [0.15, 0.2) is 5.96 Å². The number of ether oxygens (including phenoxy) is 2. The molecule has 0 aromatic carbocycles. The van der Waals surface area contributed by atoms with Gasteiger partial charge in [-0.3, -0.25) is 9.89 Å². The van der Waals surface area contributed by atoms with Gasteiger partial charge >= 0.3 is 0 Å². The van der Waals surface area contributed by atoms with E-state index in [0.717, 1.165) is 77.1 Å². The van der Waals surface area contributed by atoms with E-state index < -0.39 is 0 Å². The van der Waals surface area contributed by atoms with Crippen molar-refractivity contribution in [3.63, 3.8) is 0 Å². The summed E-state index contributed by atoms with van der Waals surface area (Å²) in [6.07, 6.45) is 2.06. The van der Waals surface area contributed by atoms with Crippen molar-refractivity contribution >= 4 is 17.3 Å². The highest BCUT2D eigenvalue weighted by molar-refractivity contribution is 7.11. The summed E-state index contributed by atoms with van der Waals surface area (Å²) in [6, 6.07) is 0.458. The van der Waals surface area contributed by atoms with E-state index in [0.29, 0.717) is 12.0 Å². The molecular weight excluding hydrogens is 362 g/mol. The Hall–Kier alpha value is -1.22. The molecule has 2 fully saturated rings. The van der Waals surface area contributed by atoms with Crippen LogP contribution in [0.5, 0.6) is 0 Å². The van der Waals surface area contributed by atoms with Crippen LogP contribution < -0.4 is 10.6 Å². The van der Waals surface area contributed by atoms with E-state index in [-0.39, 0.29) is 0 Å². The zero-order valence-electron chi connectivity index (χ0n) is 16.8. The van der Waals surface area contributed by atoms with E-state index in [4.69, 9.17) is 9.47 Å². The van der Waals surface area contributed by atoms with Gasteiger partial charge in [-0.15, -0.1) is 11.3 Å². The van der Waals surface area contributed by atoms with Gasteiger partial charge in [0.25, 0.3) is 0 Å². The van der Waals surface area contributed by atoms with Gasteiger partial charge in [-0.1, -0.05) is 0 Å². The minimum atomic E-state index is 0.458. The second kappa shape index (κ2) is 10.4. The third-order valence-corrected chi connectivity index (χ3v) is 6.56. The normalized spacial score (nSPS) is 22.8. The second-order valence-electron chi connectivity index (χ2n) is 7.22. The van der Waals surface area contributed by atoms with E-state index >= 15 is 0 Å². The molecule has 27 heavy (non-hydrogen) atoms. The van der Waals surface area contributed by atoms with Crippen molar-refractivity contribution in [2.24, 2.45) is 10.9 Å². The van der Waals surface area contributed by atoms with E-state index in [2.05, 4.69) is 39.4 Å². The maximum Gasteiger partial charge on any atom is 0.191 e. The Morgan fingerprint density at radius 2 is 2.07 bits per heavy atom. The first-order valence-corrected chi connectivity index (χ1v) is 10.8. The van der Waals surface area contributed by atoms with Gasteiger partial charge in [-0.05, 0) is 20.3 Å². The van der Waals surface area contributed by atoms with Crippen LogP contribution in [0.25, 0.3) is 0 Å². The molecule has 2 N–H and O–H groups in total. The summed E-state index contributed by atoms with van der Waals surface area (Å²) in [4.78, 5) is 12.8. The SMILES string of the molecule is CN=C(NCCc1nc(C)c(C)s1)NCC(C1CCOC1)N1CCOCC1. The number of nitrogens with zero attached hydrogens (tertiary/aromatic N) is 3. The molecule has 1 aromatic rings. The lowest BCUT2D eigenvalue weighted by molar-refractivity contribution is 0.00247. The Morgan fingerprint density at radius 1 is 1.26 bits per heavy atom. The lowest BCUT2D eigenvalue weighted by Gasteiger charge is -2.37. The number of morpholine rings is 1. The van der Waals surface area contributed by atoms with Gasteiger partial charge < -0.3 is 20.1 Å². The lowest BCUT2D eigenvalue weighted by Crippen LogP contribution is -2.53. The van der Waals surface area contributed by atoms with Gasteiger partial charge in [0.05, 0.1) is 30.5 Å². The number of hydrogen-bond acceptors (Lipinski definition) is 6. The Balaban J connectivity index is 1.48. The summed E-state index contributed by atoms with van der Waals surface area (Å²) in [5.41, 5.74) is 1.14. The summed E-state index contributed by atoms with van der Waals surface area (Å²) >= 11 is 1.78. The van der Waals surface area contributed by atoms with Crippen molar-refractivity contribution in [2.75, 3.05) is 59.7 Å². The van der Waals surface area contributed by atoms with Crippen LogP contribution >= 0.6 is 11.3 Å². The molecule has 1 aromatic heterocycles. The molecule has 2 unspecified atom stereocenters. The number of nitrogens with one attached hydrogen (secondary N) is 2. The van der Waals surface area contributed by atoms with Crippen molar-refractivity contribution in [2.45, 2.75) is 32.7 Å². The number of aliphatic imine (C=N–C) groups is 1. The molecule has 0 aliphatic carbocycles. The number of aryl methyl sites for hydroxylation is 2. The average Bonchev–Trinajstić information content (AvgIpc) is 3.32. The molecule has 0 saturated carbocycles. The maximum absolute atomic E-state index is 5.65. The number of aromatic nitrogens is 1. The topological polar surface area (TPSA) is 71.0 Å². The van der Waals surface area contributed by atoms with Crippen LogP contribution in [0.4, 0.5) is 0 Å². The van der Waals surface area contributed by atoms with Gasteiger partial charge in [0, 0.05) is 63.1 Å². The van der Waals surface area contributed by atoms with Crippen LogP contribution in [0.1, 0.15) is 22.0 Å². The first kappa shape index (κ1) is 20.5. The monoisotopic (exact) mass is 395 g/mol.